The highest BCUT2D eigenvalue weighted by molar-refractivity contribution is 4.90. The fourth-order valence-corrected chi connectivity index (χ4v) is 2.73. The molecule has 0 aliphatic heterocycles. The van der Waals surface area contributed by atoms with Crippen molar-refractivity contribution in [2.75, 3.05) is 6.61 Å². The van der Waals surface area contributed by atoms with Crippen molar-refractivity contribution in [3.05, 3.63) is 0 Å². The maximum Gasteiger partial charge on any atom is 0.0462 e. The highest BCUT2D eigenvalue weighted by Crippen LogP contribution is 2.48. The quantitative estimate of drug-likeness (QED) is 0.589. The van der Waals surface area contributed by atoms with Crippen molar-refractivity contribution in [1.82, 2.24) is 0 Å². The number of hydrogen-bond acceptors (Lipinski definition) is 1. The van der Waals surface area contributed by atoms with E-state index in [1.54, 1.807) is 0 Å². The van der Waals surface area contributed by atoms with Gasteiger partial charge in [0.2, 0.25) is 0 Å². The molecule has 0 heterocycles. The predicted octanol–water partition coefficient (Wildman–Crippen LogP) is 1.80. The first kappa shape index (κ1) is 6.66. The van der Waals surface area contributed by atoms with Gasteiger partial charge in [-0.15, -0.1) is 0 Å². The van der Waals surface area contributed by atoms with Crippen LogP contribution in [0.15, 0.2) is 0 Å². The Morgan fingerprint density at radius 2 is 2.00 bits per heavy atom. The third-order valence-electron chi connectivity index (χ3n) is 3.41. The molecule has 1 nitrogen and oxygen atoms in total. The van der Waals surface area contributed by atoms with E-state index in [0.717, 1.165) is 11.8 Å². The van der Waals surface area contributed by atoms with Gasteiger partial charge in [-0.25, -0.2) is 0 Å². The summed E-state index contributed by atoms with van der Waals surface area (Å²) < 4.78 is 0. The zero-order valence-electron chi connectivity index (χ0n) is 6.42. The molecule has 1 N–H and O–H groups in total. The SMILES string of the molecule is OCC1CC2CCCCC12. The van der Waals surface area contributed by atoms with Crippen LogP contribution in [0.3, 0.4) is 0 Å². The minimum absolute atomic E-state index is 0.446. The second-order valence-electron chi connectivity index (χ2n) is 3.89. The minimum Gasteiger partial charge on any atom is -0.396 e. The van der Waals surface area contributed by atoms with Crippen molar-refractivity contribution in [2.45, 2.75) is 32.1 Å². The molecule has 2 rings (SSSR count). The summed E-state index contributed by atoms with van der Waals surface area (Å²) in [6.07, 6.45) is 7.02. The molecule has 2 aliphatic rings. The predicted molar refractivity (Wildman–Crippen MR) is 40.6 cm³/mol. The maximum atomic E-state index is 8.92. The molecule has 3 unspecified atom stereocenters. The lowest BCUT2D eigenvalue weighted by Crippen LogP contribution is -2.40. The van der Waals surface area contributed by atoms with Crippen molar-refractivity contribution < 1.29 is 5.11 Å². The van der Waals surface area contributed by atoms with E-state index >= 15 is 0 Å². The van der Waals surface area contributed by atoms with Crippen molar-refractivity contribution in [2.24, 2.45) is 17.8 Å². The largest absolute Gasteiger partial charge is 0.396 e. The normalized spacial score (nSPS) is 45.9. The molecule has 2 fully saturated rings. The Morgan fingerprint density at radius 3 is 2.70 bits per heavy atom. The van der Waals surface area contributed by atoms with Gasteiger partial charge in [0.1, 0.15) is 0 Å². The summed E-state index contributed by atoms with van der Waals surface area (Å²) in [5.41, 5.74) is 0. The first-order valence-corrected chi connectivity index (χ1v) is 4.52. The topological polar surface area (TPSA) is 20.2 Å². The molecule has 0 radical (unpaired) electrons. The Labute approximate surface area is 62.4 Å². The minimum atomic E-state index is 0.446. The van der Waals surface area contributed by atoms with Gasteiger partial charge in [-0.3, -0.25) is 0 Å². The summed E-state index contributed by atoms with van der Waals surface area (Å²) >= 11 is 0. The van der Waals surface area contributed by atoms with Crippen molar-refractivity contribution in [3.63, 3.8) is 0 Å². The highest BCUT2D eigenvalue weighted by Gasteiger charge is 2.40. The van der Waals surface area contributed by atoms with Gasteiger partial charge < -0.3 is 5.11 Å². The van der Waals surface area contributed by atoms with Crippen LogP contribution in [-0.4, -0.2) is 11.7 Å². The van der Waals surface area contributed by atoms with E-state index in [-0.39, 0.29) is 0 Å². The molecule has 0 aromatic heterocycles. The lowest BCUT2D eigenvalue weighted by Gasteiger charge is -2.47. The Morgan fingerprint density at radius 1 is 1.20 bits per heavy atom. The summed E-state index contributed by atoms with van der Waals surface area (Å²) in [6.45, 7) is 0.446. The van der Waals surface area contributed by atoms with Crippen LogP contribution in [-0.2, 0) is 0 Å². The van der Waals surface area contributed by atoms with Crippen LogP contribution < -0.4 is 0 Å². The number of aliphatic hydroxyl groups excluding tert-OH is 1. The maximum absolute atomic E-state index is 8.92. The molecule has 0 bridgehead atoms. The fraction of sp³-hybridized carbons (Fsp3) is 1.00. The summed E-state index contributed by atoms with van der Waals surface area (Å²) in [5.74, 6) is 2.61. The van der Waals surface area contributed by atoms with E-state index in [0.29, 0.717) is 12.5 Å². The summed E-state index contributed by atoms with van der Waals surface area (Å²) in [7, 11) is 0. The van der Waals surface area contributed by atoms with Crippen LogP contribution in [0.1, 0.15) is 32.1 Å². The first-order valence-electron chi connectivity index (χ1n) is 4.52. The van der Waals surface area contributed by atoms with Crippen LogP contribution in [0.25, 0.3) is 0 Å². The Bertz CT molecular complexity index is 118. The van der Waals surface area contributed by atoms with Gasteiger partial charge in [0.05, 0.1) is 0 Å². The summed E-state index contributed by atoms with van der Waals surface area (Å²) in [6, 6.07) is 0. The van der Waals surface area contributed by atoms with Gasteiger partial charge in [-0.05, 0) is 30.6 Å². The molecule has 10 heavy (non-hydrogen) atoms. The number of fused-ring (bicyclic) bond motifs is 1. The average Bonchev–Trinajstić information content (AvgIpc) is 1.92. The molecule has 0 aromatic carbocycles. The second-order valence-corrected chi connectivity index (χ2v) is 3.89. The molecular formula is C9H16O. The van der Waals surface area contributed by atoms with Gasteiger partial charge in [0, 0.05) is 6.61 Å². The van der Waals surface area contributed by atoms with Crippen LogP contribution in [0.4, 0.5) is 0 Å². The molecule has 0 spiro atoms. The number of hydrogen-bond donors (Lipinski definition) is 1. The first-order chi connectivity index (χ1) is 4.92. The lowest BCUT2D eigenvalue weighted by molar-refractivity contribution is -0.00681. The molecule has 0 saturated heterocycles. The fourth-order valence-electron chi connectivity index (χ4n) is 2.73. The second kappa shape index (κ2) is 2.54. The average molecular weight is 140 g/mol. The Balaban J connectivity index is 1.89. The van der Waals surface area contributed by atoms with Crippen LogP contribution in [0.5, 0.6) is 0 Å². The highest BCUT2D eigenvalue weighted by atomic mass is 16.3. The number of rotatable bonds is 1. The van der Waals surface area contributed by atoms with Gasteiger partial charge in [-0.2, -0.15) is 0 Å². The van der Waals surface area contributed by atoms with E-state index in [9.17, 15) is 0 Å². The van der Waals surface area contributed by atoms with E-state index in [4.69, 9.17) is 5.11 Å². The van der Waals surface area contributed by atoms with Crippen LogP contribution >= 0.6 is 0 Å². The Kier molecular flexibility index (Phi) is 1.69. The monoisotopic (exact) mass is 140 g/mol. The Hall–Kier alpha value is -0.0400. The molecular weight excluding hydrogens is 124 g/mol. The molecule has 0 aromatic rings. The van der Waals surface area contributed by atoms with E-state index in [1.807, 2.05) is 0 Å². The molecule has 0 amide bonds. The van der Waals surface area contributed by atoms with E-state index < -0.39 is 0 Å². The summed E-state index contributed by atoms with van der Waals surface area (Å²) in [4.78, 5) is 0. The van der Waals surface area contributed by atoms with Crippen molar-refractivity contribution >= 4 is 0 Å². The third-order valence-corrected chi connectivity index (χ3v) is 3.41. The van der Waals surface area contributed by atoms with Gasteiger partial charge in [0.15, 0.2) is 0 Å². The van der Waals surface area contributed by atoms with E-state index in [1.165, 1.54) is 32.1 Å². The molecule has 2 aliphatic carbocycles. The smallest absolute Gasteiger partial charge is 0.0462 e. The van der Waals surface area contributed by atoms with Crippen LogP contribution in [0.2, 0.25) is 0 Å². The molecule has 58 valence electrons. The molecule has 1 heteroatoms. The zero-order chi connectivity index (χ0) is 6.97. The summed E-state index contributed by atoms with van der Waals surface area (Å²) in [5, 5.41) is 8.92. The standard InChI is InChI=1S/C9H16O/c10-6-8-5-7-3-1-2-4-9(7)8/h7-10H,1-6H2. The molecule has 2 saturated carbocycles. The van der Waals surface area contributed by atoms with Gasteiger partial charge in [0.25, 0.3) is 0 Å². The zero-order valence-corrected chi connectivity index (χ0v) is 6.42. The van der Waals surface area contributed by atoms with Crippen molar-refractivity contribution in [3.8, 4) is 0 Å². The molecule has 3 atom stereocenters. The van der Waals surface area contributed by atoms with Crippen molar-refractivity contribution in [1.29, 1.82) is 0 Å². The van der Waals surface area contributed by atoms with Gasteiger partial charge in [-0.1, -0.05) is 19.3 Å². The van der Waals surface area contributed by atoms with Gasteiger partial charge >= 0.3 is 0 Å². The van der Waals surface area contributed by atoms with Crippen LogP contribution in [0, 0.1) is 17.8 Å². The number of aliphatic hydroxyl groups is 1. The third kappa shape index (κ3) is 0.878. The lowest BCUT2D eigenvalue weighted by atomic mass is 9.59. The van der Waals surface area contributed by atoms with E-state index in [2.05, 4.69) is 0 Å².